The molecule has 2 aromatic carbocycles. The van der Waals surface area contributed by atoms with E-state index < -0.39 is 21.6 Å². The molecule has 0 heterocycles. The summed E-state index contributed by atoms with van der Waals surface area (Å²) in [6.07, 6.45) is 1.43. The van der Waals surface area contributed by atoms with Crippen LogP contribution < -0.4 is 14.4 Å². The van der Waals surface area contributed by atoms with Gasteiger partial charge in [-0.25, -0.2) is 8.42 Å². The molecular weight excluding hydrogens is 514 g/mol. The standard InChI is InChI=1S/C27H38ClN3O5S/c1-19-11-8-9-12-21(19)18-30(20(2)26(33)29-27(3,4)5)25(32)13-10-16-31(37(7,34)35)22-14-15-24(36-6)23(28)17-22/h8-9,11-12,14-15,17,20H,10,13,16,18H2,1-7H3,(H,29,33)/t20-/m1/s1. The van der Waals surface area contributed by atoms with Gasteiger partial charge in [-0.2, -0.15) is 0 Å². The van der Waals surface area contributed by atoms with Crippen molar-refractivity contribution in [2.45, 2.75) is 65.6 Å². The maximum atomic E-state index is 13.4. The fraction of sp³-hybridized carbons (Fsp3) is 0.481. The number of aryl methyl sites for hydroxylation is 1. The van der Waals surface area contributed by atoms with Crippen molar-refractivity contribution in [3.05, 3.63) is 58.6 Å². The lowest BCUT2D eigenvalue weighted by Crippen LogP contribution is -2.52. The molecule has 37 heavy (non-hydrogen) atoms. The van der Waals surface area contributed by atoms with Crippen LogP contribution in [0.5, 0.6) is 5.75 Å². The molecule has 0 radical (unpaired) electrons. The highest BCUT2D eigenvalue weighted by atomic mass is 35.5. The zero-order valence-corrected chi connectivity index (χ0v) is 24.2. The van der Waals surface area contributed by atoms with E-state index in [9.17, 15) is 18.0 Å². The summed E-state index contributed by atoms with van der Waals surface area (Å²) >= 11 is 6.20. The van der Waals surface area contributed by atoms with Crippen LogP contribution in [0.25, 0.3) is 0 Å². The first-order valence-corrected chi connectivity index (χ1v) is 14.3. The maximum Gasteiger partial charge on any atom is 0.242 e. The van der Waals surface area contributed by atoms with Crippen molar-refractivity contribution >= 4 is 39.1 Å². The molecule has 0 aliphatic carbocycles. The highest BCUT2D eigenvalue weighted by Gasteiger charge is 2.29. The van der Waals surface area contributed by atoms with E-state index in [1.54, 1.807) is 24.0 Å². The molecule has 0 saturated carbocycles. The van der Waals surface area contributed by atoms with E-state index in [2.05, 4.69) is 5.32 Å². The van der Waals surface area contributed by atoms with Gasteiger partial charge in [-0.15, -0.1) is 0 Å². The molecule has 0 unspecified atom stereocenters. The van der Waals surface area contributed by atoms with E-state index >= 15 is 0 Å². The van der Waals surface area contributed by atoms with Gasteiger partial charge in [-0.1, -0.05) is 35.9 Å². The SMILES string of the molecule is COc1ccc(N(CCCC(=O)N(Cc2ccccc2C)[C@H](C)C(=O)NC(C)(C)C)S(C)(=O)=O)cc1Cl. The van der Waals surface area contributed by atoms with E-state index in [0.717, 1.165) is 17.4 Å². The van der Waals surface area contributed by atoms with Crippen molar-refractivity contribution in [3.8, 4) is 5.75 Å². The van der Waals surface area contributed by atoms with E-state index in [1.807, 2.05) is 52.0 Å². The Kier molecular flexibility index (Phi) is 10.4. The monoisotopic (exact) mass is 551 g/mol. The van der Waals surface area contributed by atoms with Crippen LogP contribution in [0.2, 0.25) is 5.02 Å². The summed E-state index contributed by atoms with van der Waals surface area (Å²) in [6.45, 7) is 9.67. The number of nitrogens with zero attached hydrogens (tertiary/aromatic N) is 2. The molecule has 1 N–H and O–H groups in total. The summed E-state index contributed by atoms with van der Waals surface area (Å²) in [6, 6.07) is 11.7. The Hall–Kier alpha value is -2.78. The van der Waals surface area contributed by atoms with Crippen molar-refractivity contribution < 1.29 is 22.7 Å². The molecule has 0 spiro atoms. The number of halogens is 1. The molecule has 0 aromatic heterocycles. The third-order valence-electron chi connectivity index (χ3n) is 5.84. The summed E-state index contributed by atoms with van der Waals surface area (Å²) in [7, 11) is -2.15. The lowest BCUT2D eigenvalue weighted by molar-refractivity contribution is -0.141. The number of carbonyl (C=O) groups is 2. The number of rotatable bonds is 11. The van der Waals surface area contributed by atoms with Crippen molar-refractivity contribution in [1.29, 1.82) is 0 Å². The first-order chi connectivity index (χ1) is 17.1. The summed E-state index contributed by atoms with van der Waals surface area (Å²) in [5, 5.41) is 3.23. The second kappa shape index (κ2) is 12.6. The van der Waals surface area contributed by atoms with Gasteiger partial charge < -0.3 is 15.0 Å². The smallest absolute Gasteiger partial charge is 0.242 e. The number of amides is 2. The second-order valence-corrected chi connectivity index (χ2v) is 12.4. The highest BCUT2D eigenvalue weighted by molar-refractivity contribution is 7.92. The molecule has 1 atom stereocenters. The minimum atomic E-state index is -3.63. The quantitative estimate of drug-likeness (QED) is 0.442. The molecular formula is C27H38ClN3O5S. The average Bonchev–Trinajstić information content (AvgIpc) is 2.78. The van der Waals surface area contributed by atoms with Crippen LogP contribution in [-0.4, -0.2) is 56.6 Å². The number of methoxy groups -OCH3 is 1. The van der Waals surface area contributed by atoms with Gasteiger partial charge in [0.15, 0.2) is 0 Å². The number of benzene rings is 2. The van der Waals surface area contributed by atoms with Gasteiger partial charge in [0, 0.05) is 25.0 Å². The molecule has 0 fully saturated rings. The highest BCUT2D eigenvalue weighted by Crippen LogP contribution is 2.30. The predicted molar refractivity (Wildman–Crippen MR) is 149 cm³/mol. The van der Waals surface area contributed by atoms with Crippen LogP contribution in [0, 0.1) is 6.92 Å². The summed E-state index contributed by atoms with van der Waals surface area (Å²) < 4.78 is 31.4. The normalized spacial score (nSPS) is 12.5. The summed E-state index contributed by atoms with van der Waals surface area (Å²) in [5.74, 6) is -0.0514. The Morgan fingerprint density at radius 3 is 2.32 bits per heavy atom. The molecule has 2 rings (SSSR count). The Balaban J connectivity index is 2.22. The number of nitrogens with one attached hydrogen (secondary N) is 1. The minimum Gasteiger partial charge on any atom is -0.495 e. The number of hydrogen-bond acceptors (Lipinski definition) is 5. The van der Waals surface area contributed by atoms with Crippen LogP contribution in [0.3, 0.4) is 0 Å². The van der Waals surface area contributed by atoms with Crippen LogP contribution >= 0.6 is 11.6 Å². The average molecular weight is 552 g/mol. The van der Waals surface area contributed by atoms with Crippen molar-refractivity contribution in [1.82, 2.24) is 10.2 Å². The first-order valence-electron chi connectivity index (χ1n) is 12.1. The fourth-order valence-electron chi connectivity index (χ4n) is 3.84. The van der Waals surface area contributed by atoms with E-state index in [-0.39, 0.29) is 42.8 Å². The Bertz CT molecular complexity index is 1210. The molecule has 2 aromatic rings. The van der Waals surface area contributed by atoms with Crippen LogP contribution in [0.15, 0.2) is 42.5 Å². The third kappa shape index (κ3) is 8.93. The molecule has 204 valence electrons. The number of carbonyl (C=O) groups excluding carboxylic acids is 2. The lowest BCUT2D eigenvalue weighted by Gasteiger charge is -2.32. The van der Waals surface area contributed by atoms with Gasteiger partial charge in [0.05, 0.1) is 24.1 Å². The van der Waals surface area contributed by atoms with Gasteiger partial charge in [0.1, 0.15) is 11.8 Å². The van der Waals surface area contributed by atoms with Crippen LogP contribution in [0.4, 0.5) is 5.69 Å². The number of ether oxygens (including phenoxy) is 1. The van der Waals surface area contributed by atoms with Crippen molar-refractivity contribution in [2.24, 2.45) is 0 Å². The largest absolute Gasteiger partial charge is 0.495 e. The van der Waals surface area contributed by atoms with Crippen molar-refractivity contribution in [3.63, 3.8) is 0 Å². The lowest BCUT2D eigenvalue weighted by atomic mass is 10.1. The van der Waals surface area contributed by atoms with Crippen molar-refractivity contribution in [2.75, 3.05) is 24.2 Å². The first kappa shape index (κ1) is 30.4. The minimum absolute atomic E-state index is 0.0644. The van der Waals surface area contributed by atoms with E-state index in [4.69, 9.17) is 16.3 Å². The maximum absolute atomic E-state index is 13.4. The molecule has 0 aliphatic heterocycles. The summed E-state index contributed by atoms with van der Waals surface area (Å²) in [5.41, 5.74) is 1.90. The van der Waals surface area contributed by atoms with E-state index in [0.29, 0.717) is 11.4 Å². The molecule has 0 bridgehead atoms. The zero-order valence-electron chi connectivity index (χ0n) is 22.7. The third-order valence-corrected chi connectivity index (χ3v) is 7.33. The zero-order chi connectivity index (χ0) is 28.0. The molecule has 0 aliphatic rings. The Morgan fingerprint density at radius 1 is 1.14 bits per heavy atom. The van der Waals surface area contributed by atoms with Gasteiger partial charge >= 0.3 is 0 Å². The second-order valence-electron chi connectivity index (χ2n) is 10.1. The Morgan fingerprint density at radius 2 is 1.78 bits per heavy atom. The van der Waals surface area contributed by atoms with Crippen LogP contribution in [-0.2, 0) is 26.2 Å². The van der Waals surface area contributed by atoms with Crippen LogP contribution in [0.1, 0.15) is 51.7 Å². The fourth-order valence-corrected chi connectivity index (χ4v) is 5.05. The van der Waals surface area contributed by atoms with E-state index in [1.165, 1.54) is 17.5 Å². The molecule has 0 saturated heterocycles. The topological polar surface area (TPSA) is 96.0 Å². The van der Waals surface area contributed by atoms with Gasteiger partial charge in [0.2, 0.25) is 21.8 Å². The van der Waals surface area contributed by atoms with Gasteiger partial charge in [0.25, 0.3) is 0 Å². The summed E-state index contributed by atoms with van der Waals surface area (Å²) in [4.78, 5) is 27.9. The molecule has 10 heteroatoms. The molecule has 2 amide bonds. The van der Waals surface area contributed by atoms with Gasteiger partial charge in [-0.05, 0) is 70.4 Å². The predicted octanol–water partition coefficient (Wildman–Crippen LogP) is 4.54. The number of anilines is 1. The number of hydrogen-bond donors (Lipinski definition) is 1. The number of sulfonamides is 1. The molecule has 8 nitrogen and oxygen atoms in total. The van der Waals surface area contributed by atoms with Gasteiger partial charge in [-0.3, -0.25) is 13.9 Å². The Labute approximate surface area is 226 Å².